The number of nitrogens with one attached hydrogen (secondary N) is 1. The van der Waals surface area contributed by atoms with E-state index in [-0.39, 0.29) is 34.2 Å². The number of furan rings is 1. The summed E-state index contributed by atoms with van der Waals surface area (Å²) in [6.45, 7) is 0. The predicted molar refractivity (Wildman–Crippen MR) is 94.8 cm³/mol. The Hall–Kier alpha value is -4.35. The molecular weight excluding hydrogens is 384 g/mol. The van der Waals surface area contributed by atoms with Crippen molar-refractivity contribution in [2.45, 2.75) is 6.04 Å². The molecular formula is C17H12N6O6. The van der Waals surface area contributed by atoms with E-state index in [1.807, 2.05) is 0 Å². The topological polar surface area (TPSA) is 155 Å². The van der Waals surface area contributed by atoms with Gasteiger partial charge in [-0.3, -0.25) is 14.9 Å². The highest BCUT2D eigenvalue weighted by molar-refractivity contribution is 6.13. The highest BCUT2D eigenvalue weighted by atomic mass is 16.6. The van der Waals surface area contributed by atoms with E-state index >= 15 is 0 Å². The molecule has 12 nitrogen and oxygen atoms in total. The zero-order valence-electron chi connectivity index (χ0n) is 14.8. The van der Waals surface area contributed by atoms with Gasteiger partial charge in [-0.15, -0.1) is 0 Å². The molecule has 0 radical (unpaired) electrons. The molecule has 0 fully saturated rings. The smallest absolute Gasteiger partial charge is 0.355 e. The number of fused-ring (bicyclic) bond motifs is 1. The number of aromatic nitrogens is 4. The van der Waals surface area contributed by atoms with Crippen LogP contribution >= 0.6 is 0 Å². The Kier molecular flexibility index (Phi) is 4.35. The largest absolute Gasteiger partial charge is 0.464 e. The van der Waals surface area contributed by atoms with Gasteiger partial charge in [0.2, 0.25) is 11.7 Å². The summed E-state index contributed by atoms with van der Waals surface area (Å²) in [5, 5.41) is 25.4. The average molecular weight is 396 g/mol. The third kappa shape index (κ3) is 2.92. The number of nitro benzene ring substituents is 1. The number of Topliss-reactive ketones (excluding diaryl/α,β-unsaturated/α-hetero) is 1. The second-order valence-corrected chi connectivity index (χ2v) is 5.88. The third-order valence-corrected chi connectivity index (χ3v) is 4.32. The number of ether oxygens (including phenoxy) is 1. The number of tetrazole rings is 1. The van der Waals surface area contributed by atoms with Gasteiger partial charge in [0.15, 0.2) is 5.76 Å². The Bertz CT molecular complexity index is 1150. The van der Waals surface area contributed by atoms with Crippen LogP contribution in [0, 0.1) is 10.1 Å². The number of methoxy groups -OCH3 is 1. The first-order chi connectivity index (χ1) is 14.0. The lowest BCUT2D eigenvalue weighted by Crippen LogP contribution is -2.33. The maximum atomic E-state index is 13.2. The van der Waals surface area contributed by atoms with Gasteiger partial charge in [0.05, 0.1) is 29.4 Å². The molecule has 0 saturated carbocycles. The number of carbonyl (C=O) groups excluding carboxylic acids is 2. The summed E-state index contributed by atoms with van der Waals surface area (Å²) in [6.07, 6.45) is 1.30. The van der Waals surface area contributed by atoms with Crippen LogP contribution in [0.4, 0.5) is 11.6 Å². The summed E-state index contributed by atoms with van der Waals surface area (Å²) < 4.78 is 11.2. The number of ketones is 1. The van der Waals surface area contributed by atoms with Gasteiger partial charge in [0, 0.05) is 6.07 Å². The molecule has 29 heavy (non-hydrogen) atoms. The molecule has 146 valence electrons. The Labute approximate surface area is 161 Å². The number of rotatable bonds is 5. The van der Waals surface area contributed by atoms with E-state index in [1.165, 1.54) is 41.3 Å². The zero-order chi connectivity index (χ0) is 20.5. The predicted octanol–water partition coefficient (Wildman–Crippen LogP) is 1.50. The Morgan fingerprint density at radius 2 is 2.07 bits per heavy atom. The highest BCUT2D eigenvalue weighted by Crippen LogP contribution is 2.39. The molecule has 3 aromatic rings. The van der Waals surface area contributed by atoms with Crippen LogP contribution < -0.4 is 5.32 Å². The average Bonchev–Trinajstić information content (AvgIpc) is 3.43. The number of hydrogen-bond acceptors (Lipinski definition) is 10. The zero-order valence-corrected chi connectivity index (χ0v) is 14.8. The minimum absolute atomic E-state index is 0.0181. The van der Waals surface area contributed by atoms with Crippen LogP contribution in [-0.2, 0) is 9.53 Å². The lowest BCUT2D eigenvalue weighted by Gasteiger charge is -2.27. The van der Waals surface area contributed by atoms with E-state index < -0.39 is 22.7 Å². The molecule has 0 bridgehead atoms. The second kappa shape index (κ2) is 6.99. The van der Waals surface area contributed by atoms with Crippen LogP contribution in [0.5, 0.6) is 0 Å². The van der Waals surface area contributed by atoms with Crippen LogP contribution in [0.2, 0.25) is 0 Å². The van der Waals surface area contributed by atoms with E-state index in [9.17, 15) is 19.7 Å². The molecule has 12 heteroatoms. The normalized spacial score (nSPS) is 15.4. The summed E-state index contributed by atoms with van der Waals surface area (Å²) in [5.41, 5.74) is -0.543. The standard InChI is InChI=1S/C17H12N6O6/c1-28-16(25)13-12(15(24)11-7-4-8-29-11)14(22-17(18-13)19-20-21-22)9-5-2-3-6-10(9)23(26)27/h2-8,14H,1H3,(H,18,19,21)/t14-/m1/s1. The summed E-state index contributed by atoms with van der Waals surface area (Å²) in [6, 6.07) is 7.55. The van der Waals surface area contributed by atoms with Crippen molar-refractivity contribution in [2.75, 3.05) is 12.4 Å². The van der Waals surface area contributed by atoms with Gasteiger partial charge < -0.3 is 14.5 Å². The molecule has 1 aliphatic rings. The number of nitrogens with zero attached hydrogens (tertiary/aromatic N) is 5. The number of esters is 1. The molecule has 2 aromatic heterocycles. The van der Waals surface area contributed by atoms with Gasteiger partial charge in [0.1, 0.15) is 11.7 Å². The molecule has 0 amide bonds. The van der Waals surface area contributed by atoms with Crippen molar-refractivity contribution in [3.8, 4) is 0 Å². The molecule has 1 atom stereocenters. The Morgan fingerprint density at radius 3 is 2.76 bits per heavy atom. The van der Waals surface area contributed by atoms with Crippen LogP contribution in [0.3, 0.4) is 0 Å². The van der Waals surface area contributed by atoms with Gasteiger partial charge in [-0.1, -0.05) is 17.2 Å². The van der Waals surface area contributed by atoms with Crippen molar-refractivity contribution in [3.63, 3.8) is 0 Å². The fourth-order valence-corrected chi connectivity index (χ4v) is 3.10. The summed E-state index contributed by atoms with van der Waals surface area (Å²) in [5.74, 6) is -1.59. The van der Waals surface area contributed by atoms with E-state index in [1.54, 1.807) is 6.07 Å². The second-order valence-electron chi connectivity index (χ2n) is 5.88. The lowest BCUT2D eigenvalue weighted by molar-refractivity contribution is -0.385. The number of anilines is 1. The first kappa shape index (κ1) is 18.0. The SMILES string of the molecule is COC(=O)C1=C(C(=O)c2ccco2)[C@@H](c2ccccc2[N+](=O)[O-])n2nnnc2N1. The fourth-order valence-electron chi connectivity index (χ4n) is 3.10. The maximum Gasteiger partial charge on any atom is 0.355 e. The van der Waals surface area contributed by atoms with Crippen molar-refractivity contribution in [1.29, 1.82) is 0 Å². The maximum absolute atomic E-state index is 13.2. The molecule has 1 N–H and O–H groups in total. The number of nitro groups is 1. The third-order valence-electron chi connectivity index (χ3n) is 4.32. The number of para-hydroxylation sites is 1. The van der Waals surface area contributed by atoms with Gasteiger partial charge >= 0.3 is 5.97 Å². The molecule has 1 aliphatic heterocycles. The lowest BCUT2D eigenvalue weighted by atomic mass is 9.90. The number of carbonyl (C=O) groups is 2. The Balaban J connectivity index is 2.02. The van der Waals surface area contributed by atoms with Gasteiger partial charge in [-0.2, -0.15) is 4.68 Å². The van der Waals surface area contributed by atoms with Crippen LogP contribution in [0.15, 0.2) is 58.3 Å². The highest BCUT2D eigenvalue weighted by Gasteiger charge is 2.41. The molecule has 1 aromatic carbocycles. The summed E-state index contributed by atoms with van der Waals surface area (Å²) in [7, 11) is 1.14. The number of benzene rings is 1. The van der Waals surface area contributed by atoms with Crippen LogP contribution in [0.1, 0.15) is 22.2 Å². The van der Waals surface area contributed by atoms with E-state index in [0.717, 1.165) is 7.11 Å². The quantitative estimate of drug-likeness (QED) is 0.290. The van der Waals surface area contributed by atoms with Gasteiger partial charge in [-0.05, 0) is 28.6 Å². The number of hydrogen-bond donors (Lipinski definition) is 1. The van der Waals surface area contributed by atoms with Crippen molar-refractivity contribution in [2.24, 2.45) is 0 Å². The minimum Gasteiger partial charge on any atom is -0.464 e. The van der Waals surface area contributed by atoms with Crippen molar-refractivity contribution < 1.29 is 23.7 Å². The van der Waals surface area contributed by atoms with Crippen molar-refractivity contribution >= 4 is 23.4 Å². The molecule has 3 heterocycles. The van der Waals surface area contributed by atoms with Crippen molar-refractivity contribution in [3.05, 3.63) is 75.4 Å². The molecule has 0 aliphatic carbocycles. The summed E-state index contributed by atoms with van der Waals surface area (Å²) >= 11 is 0. The van der Waals surface area contributed by atoms with E-state index in [2.05, 4.69) is 20.8 Å². The van der Waals surface area contributed by atoms with E-state index in [4.69, 9.17) is 9.15 Å². The monoisotopic (exact) mass is 396 g/mol. The fraction of sp³-hybridized carbons (Fsp3) is 0.118. The summed E-state index contributed by atoms with van der Waals surface area (Å²) in [4.78, 5) is 36.7. The first-order valence-corrected chi connectivity index (χ1v) is 8.21. The van der Waals surface area contributed by atoms with Crippen molar-refractivity contribution in [1.82, 2.24) is 20.2 Å². The van der Waals surface area contributed by atoms with Gasteiger partial charge in [-0.25, -0.2) is 4.79 Å². The number of allylic oxidation sites excluding steroid dienone is 1. The van der Waals surface area contributed by atoms with Crippen LogP contribution in [0.25, 0.3) is 0 Å². The Morgan fingerprint density at radius 1 is 1.28 bits per heavy atom. The van der Waals surface area contributed by atoms with E-state index in [0.29, 0.717) is 0 Å². The first-order valence-electron chi connectivity index (χ1n) is 8.21. The van der Waals surface area contributed by atoms with Gasteiger partial charge in [0.25, 0.3) is 5.69 Å². The minimum atomic E-state index is -1.17. The molecule has 0 saturated heterocycles. The molecule has 0 spiro atoms. The van der Waals surface area contributed by atoms with Crippen LogP contribution in [-0.4, -0.2) is 44.0 Å². The molecule has 4 rings (SSSR count). The molecule has 0 unspecified atom stereocenters.